The lowest BCUT2D eigenvalue weighted by Gasteiger charge is -2.14. The van der Waals surface area contributed by atoms with Gasteiger partial charge in [0.25, 0.3) is 5.91 Å². The number of carbonyl (C=O) groups is 1. The van der Waals surface area contributed by atoms with Gasteiger partial charge in [0, 0.05) is 32.9 Å². The second-order valence-corrected chi connectivity index (χ2v) is 4.31. The smallest absolute Gasteiger partial charge is 0.269 e. The van der Waals surface area contributed by atoms with Gasteiger partial charge < -0.3 is 10.4 Å². The standard InChI is InChI=1S/C12H17N3O2/c1-13-12(17)11-3-2-9(6-14-11)7-15-5-4-10(16)8-15/h2-3,6,10,16H,4-5,7-8H2,1H3,(H,13,17). The third kappa shape index (κ3) is 3.01. The fourth-order valence-corrected chi connectivity index (χ4v) is 1.99. The largest absolute Gasteiger partial charge is 0.392 e. The van der Waals surface area contributed by atoms with Gasteiger partial charge >= 0.3 is 0 Å². The summed E-state index contributed by atoms with van der Waals surface area (Å²) in [5.41, 5.74) is 1.49. The lowest BCUT2D eigenvalue weighted by atomic mass is 10.2. The summed E-state index contributed by atoms with van der Waals surface area (Å²) in [6.45, 7) is 2.41. The molecule has 2 rings (SSSR count). The summed E-state index contributed by atoms with van der Waals surface area (Å²) < 4.78 is 0. The van der Waals surface area contributed by atoms with Crippen LogP contribution >= 0.6 is 0 Å². The first kappa shape index (κ1) is 12.0. The van der Waals surface area contributed by atoms with E-state index < -0.39 is 0 Å². The van der Waals surface area contributed by atoms with Crippen LogP contribution in [0.5, 0.6) is 0 Å². The van der Waals surface area contributed by atoms with Crippen molar-refractivity contribution >= 4 is 5.91 Å². The zero-order chi connectivity index (χ0) is 12.3. The molecular weight excluding hydrogens is 218 g/mol. The van der Waals surface area contributed by atoms with Crippen molar-refractivity contribution in [2.24, 2.45) is 0 Å². The molecule has 5 heteroatoms. The SMILES string of the molecule is CNC(=O)c1ccc(CN2CCC(O)C2)cn1. The lowest BCUT2D eigenvalue weighted by Crippen LogP contribution is -2.22. The van der Waals surface area contributed by atoms with Crippen LogP contribution in [0, 0.1) is 0 Å². The molecule has 1 amide bonds. The highest BCUT2D eigenvalue weighted by molar-refractivity contribution is 5.91. The maximum absolute atomic E-state index is 11.3. The van der Waals surface area contributed by atoms with E-state index >= 15 is 0 Å². The number of hydrogen-bond donors (Lipinski definition) is 2. The van der Waals surface area contributed by atoms with Crippen molar-refractivity contribution in [2.45, 2.75) is 19.1 Å². The number of rotatable bonds is 3. The molecule has 1 unspecified atom stereocenters. The van der Waals surface area contributed by atoms with E-state index in [0.717, 1.165) is 31.6 Å². The van der Waals surface area contributed by atoms with E-state index in [1.165, 1.54) is 0 Å². The van der Waals surface area contributed by atoms with Gasteiger partial charge in [-0.15, -0.1) is 0 Å². The van der Waals surface area contributed by atoms with Crippen molar-refractivity contribution in [3.63, 3.8) is 0 Å². The molecular formula is C12H17N3O2. The normalized spacial score (nSPS) is 20.5. The highest BCUT2D eigenvalue weighted by Gasteiger charge is 2.19. The van der Waals surface area contributed by atoms with Crippen LogP contribution in [0.1, 0.15) is 22.5 Å². The van der Waals surface area contributed by atoms with Crippen molar-refractivity contribution in [2.75, 3.05) is 20.1 Å². The van der Waals surface area contributed by atoms with E-state index in [9.17, 15) is 9.90 Å². The van der Waals surface area contributed by atoms with Gasteiger partial charge in [0.2, 0.25) is 0 Å². The van der Waals surface area contributed by atoms with Gasteiger partial charge in [-0.05, 0) is 18.1 Å². The number of aliphatic hydroxyl groups excluding tert-OH is 1. The van der Waals surface area contributed by atoms with Crippen molar-refractivity contribution in [3.05, 3.63) is 29.6 Å². The maximum atomic E-state index is 11.3. The molecule has 1 atom stereocenters. The molecule has 0 bridgehead atoms. The Morgan fingerprint density at radius 1 is 1.65 bits per heavy atom. The van der Waals surface area contributed by atoms with E-state index in [2.05, 4.69) is 15.2 Å². The van der Waals surface area contributed by atoms with E-state index in [-0.39, 0.29) is 12.0 Å². The second kappa shape index (κ2) is 5.25. The Balaban J connectivity index is 1.96. The van der Waals surface area contributed by atoms with Crippen LogP contribution in [-0.2, 0) is 6.54 Å². The molecule has 0 aliphatic carbocycles. The number of amides is 1. The molecule has 5 nitrogen and oxygen atoms in total. The molecule has 0 aromatic carbocycles. The highest BCUT2D eigenvalue weighted by atomic mass is 16.3. The number of carbonyl (C=O) groups excluding carboxylic acids is 1. The summed E-state index contributed by atoms with van der Waals surface area (Å²) in [7, 11) is 1.59. The number of hydrogen-bond acceptors (Lipinski definition) is 4. The van der Waals surface area contributed by atoms with Gasteiger partial charge in [0.1, 0.15) is 5.69 Å². The number of aliphatic hydroxyl groups is 1. The summed E-state index contributed by atoms with van der Waals surface area (Å²) in [6.07, 6.45) is 2.35. The first-order valence-corrected chi connectivity index (χ1v) is 5.76. The van der Waals surface area contributed by atoms with Crippen molar-refractivity contribution < 1.29 is 9.90 Å². The van der Waals surface area contributed by atoms with Crippen LogP contribution in [0.2, 0.25) is 0 Å². The quantitative estimate of drug-likeness (QED) is 0.774. The third-order valence-electron chi connectivity index (χ3n) is 2.94. The third-order valence-corrected chi connectivity index (χ3v) is 2.94. The van der Waals surface area contributed by atoms with Gasteiger partial charge in [-0.25, -0.2) is 0 Å². The van der Waals surface area contributed by atoms with Crippen LogP contribution in [-0.4, -0.2) is 47.1 Å². The minimum Gasteiger partial charge on any atom is -0.392 e. The first-order chi connectivity index (χ1) is 8.19. The molecule has 1 aliphatic heterocycles. The molecule has 1 saturated heterocycles. The van der Waals surface area contributed by atoms with Crippen LogP contribution in [0.4, 0.5) is 0 Å². The van der Waals surface area contributed by atoms with Gasteiger partial charge in [0.05, 0.1) is 6.10 Å². The van der Waals surface area contributed by atoms with E-state index in [1.807, 2.05) is 6.07 Å². The molecule has 1 aliphatic rings. The zero-order valence-corrected chi connectivity index (χ0v) is 9.89. The van der Waals surface area contributed by atoms with Gasteiger partial charge in [0.15, 0.2) is 0 Å². The van der Waals surface area contributed by atoms with Crippen molar-refractivity contribution in [1.29, 1.82) is 0 Å². The van der Waals surface area contributed by atoms with Crippen molar-refractivity contribution in [1.82, 2.24) is 15.2 Å². The van der Waals surface area contributed by atoms with Crippen LogP contribution in [0.25, 0.3) is 0 Å². The fourth-order valence-electron chi connectivity index (χ4n) is 1.99. The van der Waals surface area contributed by atoms with Crippen molar-refractivity contribution in [3.8, 4) is 0 Å². The Bertz CT molecular complexity index is 391. The molecule has 1 aromatic rings. The summed E-state index contributed by atoms with van der Waals surface area (Å²) in [5.74, 6) is -0.173. The monoisotopic (exact) mass is 235 g/mol. The fraction of sp³-hybridized carbons (Fsp3) is 0.500. The number of aromatic nitrogens is 1. The van der Waals surface area contributed by atoms with E-state index in [4.69, 9.17) is 0 Å². The Morgan fingerprint density at radius 2 is 2.47 bits per heavy atom. The molecule has 92 valence electrons. The van der Waals surface area contributed by atoms with E-state index in [0.29, 0.717) is 5.69 Å². The van der Waals surface area contributed by atoms with Crippen LogP contribution in [0.3, 0.4) is 0 Å². The first-order valence-electron chi connectivity index (χ1n) is 5.76. The molecule has 17 heavy (non-hydrogen) atoms. The summed E-state index contributed by atoms with van der Waals surface area (Å²) in [4.78, 5) is 17.6. The molecule has 0 saturated carbocycles. The average molecular weight is 235 g/mol. The Kier molecular flexibility index (Phi) is 3.71. The van der Waals surface area contributed by atoms with E-state index in [1.54, 1.807) is 19.3 Å². The minimum absolute atomic E-state index is 0.173. The van der Waals surface area contributed by atoms with Crippen LogP contribution < -0.4 is 5.32 Å². The Morgan fingerprint density at radius 3 is 3.00 bits per heavy atom. The number of likely N-dealkylation sites (tertiary alicyclic amines) is 1. The second-order valence-electron chi connectivity index (χ2n) is 4.31. The predicted octanol–water partition coefficient (Wildman–Crippen LogP) is 0.00780. The summed E-state index contributed by atoms with van der Waals surface area (Å²) >= 11 is 0. The minimum atomic E-state index is -0.201. The lowest BCUT2D eigenvalue weighted by molar-refractivity contribution is 0.0958. The summed E-state index contributed by atoms with van der Waals surface area (Å²) in [5, 5.41) is 12.0. The summed E-state index contributed by atoms with van der Waals surface area (Å²) in [6, 6.07) is 3.63. The average Bonchev–Trinajstić information content (AvgIpc) is 2.75. The van der Waals surface area contributed by atoms with Gasteiger partial charge in [-0.3, -0.25) is 14.7 Å². The molecule has 2 heterocycles. The Hall–Kier alpha value is -1.46. The predicted molar refractivity (Wildman–Crippen MR) is 63.5 cm³/mol. The molecule has 1 aromatic heterocycles. The highest BCUT2D eigenvalue weighted by Crippen LogP contribution is 2.12. The molecule has 2 N–H and O–H groups in total. The van der Waals surface area contributed by atoms with Crippen LogP contribution in [0.15, 0.2) is 18.3 Å². The van der Waals surface area contributed by atoms with Gasteiger partial charge in [-0.2, -0.15) is 0 Å². The number of nitrogens with one attached hydrogen (secondary N) is 1. The number of pyridine rings is 1. The number of β-amino-alcohol motifs (C(OH)–C–C–N with tert-alkyl or cyclic N) is 1. The molecule has 0 spiro atoms. The maximum Gasteiger partial charge on any atom is 0.269 e. The molecule has 1 fully saturated rings. The zero-order valence-electron chi connectivity index (χ0n) is 9.89. The number of nitrogens with zero attached hydrogens (tertiary/aromatic N) is 2. The van der Waals surface area contributed by atoms with Gasteiger partial charge in [-0.1, -0.05) is 6.07 Å². The topological polar surface area (TPSA) is 65.5 Å². The Labute approximate surface area is 100 Å². The molecule has 0 radical (unpaired) electrons.